The lowest BCUT2D eigenvalue weighted by Crippen LogP contribution is -2.28. The van der Waals surface area contributed by atoms with E-state index in [9.17, 15) is 10.1 Å². The van der Waals surface area contributed by atoms with Crippen LogP contribution < -0.4 is 23.7 Å². The van der Waals surface area contributed by atoms with E-state index >= 15 is 0 Å². The Hall–Kier alpha value is -4.21. The van der Waals surface area contributed by atoms with Crippen molar-refractivity contribution in [2.24, 2.45) is 7.05 Å². The van der Waals surface area contributed by atoms with Gasteiger partial charge in [-0.3, -0.25) is 0 Å². The van der Waals surface area contributed by atoms with Crippen molar-refractivity contribution in [2.45, 2.75) is 19.4 Å². The number of hydrogen-bond acceptors (Lipinski definition) is 8. The van der Waals surface area contributed by atoms with Crippen molar-refractivity contribution in [3.8, 4) is 28.7 Å². The zero-order chi connectivity index (χ0) is 25.8. The van der Waals surface area contributed by atoms with Crippen molar-refractivity contribution in [2.75, 3.05) is 28.4 Å². The Labute approximate surface area is 203 Å². The van der Waals surface area contributed by atoms with Crippen LogP contribution in [-0.2, 0) is 12.6 Å². The summed E-state index contributed by atoms with van der Waals surface area (Å²) >= 11 is 0. The number of rotatable bonds is 10. The van der Waals surface area contributed by atoms with Gasteiger partial charge in [-0.05, 0) is 54.2 Å². The molecule has 0 radical (unpaired) electrons. The van der Waals surface area contributed by atoms with Gasteiger partial charge in [0.15, 0.2) is 34.3 Å². The first-order valence-electron chi connectivity index (χ1n) is 10.7. The number of aromatic nitrogens is 2. The maximum absolute atomic E-state index is 11.2. The van der Waals surface area contributed by atoms with Gasteiger partial charge in [0, 0.05) is 0 Å². The lowest BCUT2D eigenvalue weighted by molar-refractivity contribution is -0.396. The topological polar surface area (TPSA) is 107 Å². The molecule has 0 N–H and O–H groups in total. The van der Waals surface area contributed by atoms with Gasteiger partial charge in [-0.25, -0.2) is 4.57 Å². The largest absolute Gasteiger partial charge is 0.493 e. The first-order valence-corrected chi connectivity index (χ1v) is 10.7. The molecule has 0 aliphatic carbocycles. The summed E-state index contributed by atoms with van der Waals surface area (Å²) in [4.78, 5) is 14.6. The van der Waals surface area contributed by atoms with Crippen LogP contribution in [0.25, 0.3) is 12.2 Å². The first-order chi connectivity index (χ1) is 16.6. The molecule has 0 atom stereocenters. The van der Waals surface area contributed by atoms with E-state index in [1.807, 2.05) is 50.3 Å². The lowest BCUT2D eigenvalue weighted by Gasteiger charge is -2.26. The molecular weight excluding hydrogens is 454 g/mol. The second-order valence-corrected chi connectivity index (χ2v) is 8.07. The Morgan fingerprint density at radius 1 is 0.886 bits per heavy atom. The molecule has 10 heteroatoms. The number of hydrogen-bond donors (Lipinski definition) is 0. The highest BCUT2D eigenvalue weighted by Crippen LogP contribution is 2.39. The zero-order valence-electron chi connectivity index (χ0n) is 20.8. The third kappa shape index (κ3) is 5.32. The minimum Gasteiger partial charge on any atom is -0.493 e. The molecule has 10 nitrogen and oxygen atoms in total. The molecule has 0 saturated carbocycles. The summed E-state index contributed by atoms with van der Waals surface area (Å²) in [5.41, 5.74) is 1.31. The van der Waals surface area contributed by atoms with Crippen molar-refractivity contribution >= 4 is 18.1 Å². The molecule has 0 saturated heterocycles. The van der Waals surface area contributed by atoms with Crippen molar-refractivity contribution < 1.29 is 28.6 Å². The predicted molar refractivity (Wildman–Crippen MR) is 132 cm³/mol. The van der Waals surface area contributed by atoms with E-state index in [0.29, 0.717) is 34.4 Å². The highest BCUT2D eigenvalue weighted by atomic mass is 16.6. The minimum atomic E-state index is -0.928. The van der Waals surface area contributed by atoms with Gasteiger partial charge in [-0.2, -0.15) is 0 Å². The number of benzene rings is 2. The molecule has 0 bridgehead atoms. The molecule has 1 aromatic heterocycles. The molecule has 0 aliphatic heterocycles. The van der Waals surface area contributed by atoms with E-state index in [2.05, 4.69) is 4.98 Å². The highest BCUT2D eigenvalue weighted by Gasteiger charge is 2.33. The number of nitrogens with zero attached hydrogens (tertiary/aromatic N) is 3. The molecule has 0 spiro atoms. The third-order valence-electron chi connectivity index (χ3n) is 5.45. The van der Waals surface area contributed by atoms with Crippen molar-refractivity contribution in [1.82, 2.24) is 9.55 Å². The summed E-state index contributed by atoms with van der Waals surface area (Å²) in [5.74, 6) is 2.37. The Morgan fingerprint density at radius 3 is 1.97 bits per heavy atom. The highest BCUT2D eigenvalue weighted by molar-refractivity contribution is 5.73. The van der Waals surface area contributed by atoms with Gasteiger partial charge in [0.05, 0.1) is 35.5 Å². The fourth-order valence-corrected chi connectivity index (χ4v) is 3.72. The molecule has 0 amide bonds. The Morgan fingerprint density at radius 2 is 1.46 bits per heavy atom. The van der Waals surface area contributed by atoms with Crippen molar-refractivity contribution in [3.05, 3.63) is 63.5 Å². The normalized spacial score (nSPS) is 11.4. The second kappa shape index (κ2) is 10.4. The van der Waals surface area contributed by atoms with Crippen LogP contribution in [0, 0.1) is 10.1 Å². The molecule has 186 valence electrons. The molecule has 3 rings (SSSR count). The second-order valence-electron chi connectivity index (χ2n) is 8.07. The van der Waals surface area contributed by atoms with Crippen LogP contribution in [0.3, 0.4) is 0 Å². The summed E-state index contributed by atoms with van der Waals surface area (Å²) in [6, 6.07) is 9.21. The molecule has 1 heterocycles. The van der Waals surface area contributed by atoms with E-state index in [-0.39, 0.29) is 5.95 Å². The monoisotopic (exact) mass is 483 g/mol. The Kier molecular flexibility index (Phi) is 7.53. The van der Waals surface area contributed by atoms with Crippen LogP contribution in [0.15, 0.2) is 36.5 Å². The van der Waals surface area contributed by atoms with Gasteiger partial charge in [0.2, 0.25) is 5.75 Å². The van der Waals surface area contributed by atoms with Crippen molar-refractivity contribution in [3.63, 3.8) is 0 Å². The van der Waals surface area contributed by atoms with Crippen LogP contribution in [-0.4, -0.2) is 42.9 Å². The van der Waals surface area contributed by atoms with E-state index in [4.69, 9.17) is 23.7 Å². The standard InChI is InChI=1S/C25H29N3O7/c1-25(2,22-15-26-24(27(22)3)28(29)30)35-19-12-16(10-11-18(19)31-4)8-9-17-13-20(32-5)23(34-7)21(14-17)33-6/h8-15H,1-7H3. The van der Waals surface area contributed by atoms with Crippen LogP contribution in [0.2, 0.25) is 0 Å². The quantitative estimate of drug-likeness (QED) is 0.229. The first kappa shape index (κ1) is 25.4. The van der Waals surface area contributed by atoms with E-state index in [1.54, 1.807) is 41.6 Å². The molecule has 0 unspecified atom stereocenters. The fourth-order valence-electron chi connectivity index (χ4n) is 3.72. The van der Waals surface area contributed by atoms with Gasteiger partial charge in [0.25, 0.3) is 0 Å². The van der Waals surface area contributed by atoms with Crippen molar-refractivity contribution in [1.29, 1.82) is 0 Å². The number of imidazole rings is 1. The molecule has 3 aromatic rings. The average Bonchev–Trinajstić information content (AvgIpc) is 3.24. The van der Waals surface area contributed by atoms with Gasteiger partial charge in [-0.1, -0.05) is 23.2 Å². The van der Waals surface area contributed by atoms with Gasteiger partial charge >= 0.3 is 5.95 Å². The van der Waals surface area contributed by atoms with Crippen LogP contribution >= 0.6 is 0 Å². The molecule has 0 aliphatic rings. The average molecular weight is 484 g/mol. The number of ether oxygens (including phenoxy) is 5. The Balaban J connectivity index is 1.93. The molecule has 2 aromatic carbocycles. The third-order valence-corrected chi connectivity index (χ3v) is 5.45. The van der Waals surface area contributed by atoms with E-state index in [1.165, 1.54) is 10.8 Å². The maximum atomic E-state index is 11.2. The van der Waals surface area contributed by atoms with Crippen LogP contribution in [0.1, 0.15) is 30.7 Å². The predicted octanol–water partition coefficient (Wildman–Crippen LogP) is 4.85. The summed E-state index contributed by atoms with van der Waals surface area (Å²) in [5, 5.41) is 11.2. The SMILES string of the molecule is COc1ccc(C=Cc2cc(OC)c(OC)c(OC)c2)cc1OC(C)(C)c1cnc([N+](=O)[O-])n1C. The summed E-state index contributed by atoms with van der Waals surface area (Å²) in [7, 11) is 7.82. The van der Waals surface area contributed by atoms with Gasteiger partial charge in [0.1, 0.15) is 6.20 Å². The van der Waals surface area contributed by atoms with Crippen LogP contribution in [0.4, 0.5) is 5.95 Å². The maximum Gasteiger partial charge on any atom is 0.434 e. The van der Waals surface area contributed by atoms with Crippen LogP contribution in [0.5, 0.6) is 28.7 Å². The lowest BCUT2D eigenvalue weighted by atomic mass is 10.1. The summed E-state index contributed by atoms with van der Waals surface area (Å²) in [6.45, 7) is 3.62. The van der Waals surface area contributed by atoms with E-state index < -0.39 is 10.5 Å². The van der Waals surface area contributed by atoms with Gasteiger partial charge < -0.3 is 33.8 Å². The zero-order valence-corrected chi connectivity index (χ0v) is 20.8. The van der Waals surface area contributed by atoms with Gasteiger partial charge in [-0.15, -0.1) is 0 Å². The van der Waals surface area contributed by atoms with E-state index in [0.717, 1.165) is 11.1 Å². The smallest absolute Gasteiger partial charge is 0.434 e. The summed E-state index contributed by atoms with van der Waals surface area (Å²) in [6.07, 6.45) is 5.26. The summed E-state index contributed by atoms with van der Waals surface area (Å²) < 4.78 is 29.4. The minimum absolute atomic E-state index is 0.259. The number of methoxy groups -OCH3 is 4. The molecule has 35 heavy (non-hydrogen) atoms. The number of nitro groups is 1. The molecular formula is C25H29N3O7. The fraction of sp³-hybridized carbons (Fsp3) is 0.320. The molecule has 0 fully saturated rings. The Bertz CT molecular complexity index is 1220.